The molecule has 4 nitrogen and oxygen atoms in total. The van der Waals surface area contributed by atoms with Crippen molar-refractivity contribution in [1.29, 1.82) is 0 Å². The normalized spacial score (nSPS) is 10.3. The zero-order chi connectivity index (χ0) is 14.5. The van der Waals surface area contributed by atoms with E-state index >= 15 is 0 Å². The first-order chi connectivity index (χ1) is 9.61. The van der Waals surface area contributed by atoms with Gasteiger partial charge in [-0.25, -0.2) is 0 Å². The number of benzene rings is 2. The predicted molar refractivity (Wildman–Crippen MR) is 80.9 cm³/mol. The average molecular weight is 336 g/mol. The second-order valence-electron chi connectivity index (χ2n) is 4.29. The first-order valence-electron chi connectivity index (χ1n) is 6.25. The first-order valence-corrected chi connectivity index (χ1v) is 7.04. The smallest absolute Gasteiger partial charge is 0.311 e. The van der Waals surface area contributed by atoms with Crippen molar-refractivity contribution in [2.24, 2.45) is 0 Å². The molecule has 0 spiro atoms. The minimum absolute atomic E-state index is 0.0106. The maximum atomic E-state index is 11.1. The van der Waals surface area contributed by atoms with Gasteiger partial charge < -0.3 is 4.74 Å². The number of aryl methyl sites for hydroxylation is 1. The fourth-order valence-corrected chi connectivity index (χ4v) is 2.22. The van der Waals surface area contributed by atoms with Gasteiger partial charge in [-0.3, -0.25) is 10.1 Å². The molecule has 0 saturated heterocycles. The maximum absolute atomic E-state index is 11.1. The number of nitro groups is 1. The second kappa shape index (κ2) is 6.52. The van der Waals surface area contributed by atoms with E-state index in [0.29, 0.717) is 5.75 Å². The van der Waals surface area contributed by atoms with Gasteiger partial charge in [0.05, 0.1) is 4.92 Å². The van der Waals surface area contributed by atoms with E-state index in [0.717, 1.165) is 22.0 Å². The summed E-state index contributed by atoms with van der Waals surface area (Å²) in [5, 5.41) is 11.1. The minimum Gasteiger partial charge on any atom is -0.482 e. The van der Waals surface area contributed by atoms with Crippen LogP contribution in [0, 0.1) is 10.1 Å². The van der Waals surface area contributed by atoms with Crippen LogP contribution in [0.15, 0.2) is 46.9 Å². The molecule has 0 fully saturated rings. The molecule has 20 heavy (non-hydrogen) atoms. The van der Waals surface area contributed by atoms with Crippen molar-refractivity contribution < 1.29 is 9.66 Å². The zero-order valence-corrected chi connectivity index (χ0v) is 12.6. The van der Waals surface area contributed by atoms with Gasteiger partial charge in [-0.15, -0.1) is 0 Å². The number of halogens is 1. The molecule has 0 amide bonds. The van der Waals surface area contributed by atoms with Gasteiger partial charge in [0.15, 0.2) is 5.75 Å². The minimum atomic E-state index is -0.408. The van der Waals surface area contributed by atoms with Crippen molar-refractivity contribution in [3.05, 3.63) is 68.2 Å². The summed E-state index contributed by atoms with van der Waals surface area (Å²) in [5.74, 6) is 0.294. The molecule has 2 aromatic rings. The van der Waals surface area contributed by atoms with E-state index in [-0.39, 0.29) is 12.3 Å². The summed E-state index contributed by atoms with van der Waals surface area (Å²) in [6.07, 6.45) is 0.755. The molecule has 104 valence electrons. The van der Waals surface area contributed by atoms with Crippen LogP contribution in [0.4, 0.5) is 5.69 Å². The molecule has 0 aliphatic heterocycles. The Labute approximate surface area is 125 Å². The number of nitro benzene ring substituents is 1. The molecule has 0 atom stereocenters. The third-order valence-corrected chi connectivity index (χ3v) is 3.74. The molecular formula is C15H14BrNO3. The number of ether oxygens (including phenoxy) is 1. The van der Waals surface area contributed by atoms with Crippen LogP contribution in [0.5, 0.6) is 5.75 Å². The molecule has 0 N–H and O–H groups in total. The molecule has 2 aromatic carbocycles. The highest BCUT2D eigenvalue weighted by Crippen LogP contribution is 2.29. The van der Waals surface area contributed by atoms with Crippen LogP contribution in [0.3, 0.4) is 0 Å². The lowest BCUT2D eigenvalue weighted by Gasteiger charge is -2.09. The molecule has 0 unspecified atom stereocenters. The van der Waals surface area contributed by atoms with Gasteiger partial charge in [-0.1, -0.05) is 47.1 Å². The highest BCUT2D eigenvalue weighted by Gasteiger charge is 2.16. The van der Waals surface area contributed by atoms with Gasteiger partial charge in [0.1, 0.15) is 6.61 Å². The quantitative estimate of drug-likeness (QED) is 0.597. The van der Waals surface area contributed by atoms with Gasteiger partial charge in [-0.2, -0.15) is 0 Å². The third-order valence-electron chi connectivity index (χ3n) is 2.97. The zero-order valence-electron chi connectivity index (χ0n) is 11.0. The standard InChI is InChI=1S/C15H14BrNO3/c1-2-11-7-8-15(14(9-11)17(18)19)20-10-12-5-3-4-6-13(12)16/h3-9H,2,10H2,1H3. The van der Waals surface area contributed by atoms with Gasteiger partial charge in [-0.05, 0) is 24.1 Å². The summed E-state index contributed by atoms with van der Waals surface area (Å²) >= 11 is 3.43. The van der Waals surface area contributed by atoms with Crippen LogP contribution in [0.25, 0.3) is 0 Å². The molecule has 0 saturated carbocycles. The first kappa shape index (κ1) is 14.5. The van der Waals surface area contributed by atoms with Crippen LogP contribution in [0.1, 0.15) is 18.1 Å². The fourth-order valence-electron chi connectivity index (χ4n) is 1.82. The lowest BCUT2D eigenvalue weighted by atomic mass is 10.1. The van der Waals surface area contributed by atoms with Crippen molar-refractivity contribution in [3.8, 4) is 5.75 Å². The van der Waals surface area contributed by atoms with Crippen molar-refractivity contribution in [1.82, 2.24) is 0 Å². The van der Waals surface area contributed by atoms with E-state index in [4.69, 9.17) is 4.74 Å². The number of hydrogen-bond donors (Lipinski definition) is 0. The molecule has 0 heterocycles. The Kier molecular flexibility index (Phi) is 4.74. The topological polar surface area (TPSA) is 52.4 Å². The largest absolute Gasteiger partial charge is 0.482 e. The molecule has 2 rings (SSSR count). The molecule has 0 aromatic heterocycles. The summed E-state index contributed by atoms with van der Waals surface area (Å²) in [6.45, 7) is 2.24. The SMILES string of the molecule is CCc1ccc(OCc2ccccc2Br)c([N+](=O)[O-])c1. The third kappa shape index (κ3) is 3.36. The molecular weight excluding hydrogens is 322 g/mol. The van der Waals surface area contributed by atoms with E-state index in [1.54, 1.807) is 12.1 Å². The molecule has 0 aliphatic carbocycles. The van der Waals surface area contributed by atoms with Crippen LogP contribution in [0.2, 0.25) is 0 Å². The van der Waals surface area contributed by atoms with E-state index in [9.17, 15) is 10.1 Å². The second-order valence-corrected chi connectivity index (χ2v) is 5.15. The van der Waals surface area contributed by atoms with Crippen LogP contribution in [-0.2, 0) is 13.0 Å². The van der Waals surface area contributed by atoms with Crippen molar-refractivity contribution in [2.45, 2.75) is 20.0 Å². The lowest BCUT2D eigenvalue weighted by Crippen LogP contribution is -2.00. The Hall–Kier alpha value is -1.88. The number of rotatable bonds is 5. The van der Waals surface area contributed by atoms with Gasteiger partial charge in [0.25, 0.3) is 0 Å². The van der Waals surface area contributed by atoms with Crippen LogP contribution < -0.4 is 4.74 Å². The Bertz CT molecular complexity index is 628. The van der Waals surface area contributed by atoms with Gasteiger partial charge in [0.2, 0.25) is 0 Å². The summed E-state index contributed by atoms with van der Waals surface area (Å²) in [4.78, 5) is 10.7. The van der Waals surface area contributed by atoms with Crippen LogP contribution >= 0.6 is 15.9 Å². The monoisotopic (exact) mass is 335 g/mol. The van der Waals surface area contributed by atoms with Gasteiger partial charge >= 0.3 is 5.69 Å². The Balaban J connectivity index is 2.21. The Morgan fingerprint density at radius 3 is 2.65 bits per heavy atom. The van der Waals surface area contributed by atoms with Gasteiger partial charge in [0, 0.05) is 16.1 Å². The maximum Gasteiger partial charge on any atom is 0.311 e. The molecule has 5 heteroatoms. The van der Waals surface area contributed by atoms with E-state index in [1.165, 1.54) is 0 Å². The van der Waals surface area contributed by atoms with Crippen molar-refractivity contribution in [2.75, 3.05) is 0 Å². The summed E-state index contributed by atoms with van der Waals surface area (Å²) < 4.78 is 6.52. The highest BCUT2D eigenvalue weighted by molar-refractivity contribution is 9.10. The molecule has 0 radical (unpaired) electrons. The predicted octanol–water partition coefficient (Wildman–Crippen LogP) is 4.50. The lowest BCUT2D eigenvalue weighted by molar-refractivity contribution is -0.386. The highest BCUT2D eigenvalue weighted by atomic mass is 79.9. The fraction of sp³-hybridized carbons (Fsp3) is 0.200. The van der Waals surface area contributed by atoms with E-state index < -0.39 is 4.92 Å². The Morgan fingerprint density at radius 1 is 1.25 bits per heavy atom. The van der Waals surface area contributed by atoms with E-state index in [1.807, 2.05) is 37.3 Å². The number of hydrogen-bond acceptors (Lipinski definition) is 3. The number of nitrogens with zero attached hydrogens (tertiary/aromatic N) is 1. The summed E-state index contributed by atoms with van der Waals surface area (Å²) in [5.41, 5.74) is 1.88. The average Bonchev–Trinajstić information content (AvgIpc) is 2.46. The van der Waals surface area contributed by atoms with Crippen molar-refractivity contribution in [3.63, 3.8) is 0 Å². The molecule has 0 bridgehead atoms. The molecule has 0 aliphatic rings. The van der Waals surface area contributed by atoms with Crippen LogP contribution in [-0.4, -0.2) is 4.92 Å². The van der Waals surface area contributed by atoms with Crippen molar-refractivity contribution >= 4 is 21.6 Å². The summed E-state index contributed by atoms with van der Waals surface area (Å²) in [7, 11) is 0. The Morgan fingerprint density at radius 2 is 2.00 bits per heavy atom. The summed E-state index contributed by atoms with van der Waals surface area (Å²) in [6, 6.07) is 12.7. The van der Waals surface area contributed by atoms with E-state index in [2.05, 4.69) is 15.9 Å².